The zero-order valence-corrected chi connectivity index (χ0v) is 8.19. The van der Waals surface area contributed by atoms with E-state index in [-0.39, 0.29) is 19.5 Å². The Morgan fingerprint density at radius 3 is 2.62 bits per heavy atom. The van der Waals surface area contributed by atoms with Crippen LogP contribution in [0.4, 0.5) is 0 Å². The molecule has 0 rings (SSSR count). The van der Waals surface area contributed by atoms with Crippen molar-refractivity contribution in [1.82, 2.24) is 0 Å². The molecular formula is C9H18O4. The highest BCUT2D eigenvalue weighted by molar-refractivity contribution is 5.06. The zero-order valence-electron chi connectivity index (χ0n) is 8.19. The molecule has 2 N–H and O–H groups in total. The largest absolute Gasteiger partial charge is 0.396 e. The van der Waals surface area contributed by atoms with Crippen molar-refractivity contribution in [2.45, 2.75) is 25.6 Å². The van der Waals surface area contributed by atoms with Crippen molar-refractivity contribution in [3.63, 3.8) is 0 Å². The third kappa shape index (κ3) is 5.00. The molecule has 0 aliphatic rings. The third-order valence-electron chi connectivity index (χ3n) is 1.79. The first kappa shape index (κ1) is 12.6. The molecule has 0 radical (unpaired) electrons. The van der Waals surface area contributed by atoms with Gasteiger partial charge in [-0.1, -0.05) is 6.58 Å². The molecule has 2 atom stereocenters. The van der Waals surface area contributed by atoms with Gasteiger partial charge >= 0.3 is 0 Å². The summed E-state index contributed by atoms with van der Waals surface area (Å²) in [7, 11) is 1.53. The summed E-state index contributed by atoms with van der Waals surface area (Å²) >= 11 is 0. The second-order valence-electron chi connectivity index (χ2n) is 2.82. The molecule has 0 saturated heterocycles. The maximum Gasteiger partial charge on any atom is 0.147 e. The van der Waals surface area contributed by atoms with Crippen LogP contribution in [-0.4, -0.2) is 42.9 Å². The molecule has 0 saturated carbocycles. The minimum absolute atomic E-state index is 0.0583. The van der Waals surface area contributed by atoms with E-state index >= 15 is 0 Å². The van der Waals surface area contributed by atoms with Crippen molar-refractivity contribution in [2.24, 2.45) is 0 Å². The Morgan fingerprint density at radius 2 is 2.15 bits per heavy atom. The first-order chi connectivity index (χ1) is 6.13. The molecule has 0 unspecified atom stereocenters. The van der Waals surface area contributed by atoms with Gasteiger partial charge in [0, 0.05) is 20.1 Å². The van der Waals surface area contributed by atoms with Gasteiger partial charge in [0.05, 0.1) is 12.2 Å². The van der Waals surface area contributed by atoms with Crippen LogP contribution in [0.3, 0.4) is 0 Å². The van der Waals surface area contributed by atoms with Gasteiger partial charge in [-0.3, -0.25) is 0 Å². The summed E-state index contributed by atoms with van der Waals surface area (Å²) < 4.78 is 9.86. The zero-order chi connectivity index (χ0) is 10.3. The fourth-order valence-corrected chi connectivity index (χ4v) is 0.856. The lowest BCUT2D eigenvalue weighted by Crippen LogP contribution is -2.23. The maximum atomic E-state index is 9.41. The first-order valence-corrected chi connectivity index (χ1v) is 4.21. The highest BCUT2D eigenvalue weighted by Crippen LogP contribution is 2.11. The highest BCUT2D eigenvalue weighted by atomic mass is 16.7. The average Bonchev–Trinajstić information content (AvgIpc) is 2.13. The van der Waals surface area contributed by atoms with Gasteiger partial charge in [-0.15, -0.1) is 0 Å². The molecule has 0 bridgehead atoms. The number of ether oxygens (including phenoxy) is 2. The van der Waals surface area contributed by atoms with Crippen LogP contribution in [0.2, 0.25) is 0 Å². The summed E-state index contributed by atoms with van der Waals surface area (Å²) in [6.45, 7) is 5.58. The molecule has 0 fully saturated rings. The molecule has 0 aliphatic carbocycles. The second kappa shape index (κ2) is 7.03. The Balaban J connectivity index is 3.79. The first-order valence-electron chi connectivity index (χ1n) is 4.21. The van der Waals surface area contributed by atoms with E-state index in [2.05, 4.69) is 6.58 Å². The molecule has 0 heterocycles. The lowest BCUT2D eigenvalue weighted by atomic mass is 10.0. The minimum Gasteiger partial charge on any atom is -0.396 e. The van der Waals surface area contributed by atoms with Crippen LogP contribution in [-0.2, 0) is 9.47 Å². The molecule has 4 heteroatoms. The van der Waals surface area contributed by atoms with Gasteiger partial charge in [0.25, 0.3) is 0 Å². The van der Waals surface area contributed by atoms with E-state index < -0.39 is 6.10 Å². The predicted molar refractivity (Wildman–Crippen MR) is 49.3 cm³/mol. The summed E-state index contributed by atoms with van der Waals surface area (Å²) in [4.78, 5) is 0. The number of hydrogen-bond donors (Lipinski definition) is 2. The standard InChI is InChI=1S/C9H18O4/c1-7(9(11)4-5-10)8(2)13-6-12-3/h8-11H,1,4-6H2,2-3H3/t8-,9+/m0/s1. The topological polar surface area (TPSA) is 58.9 Å². The molecule has 78 valence electrons. The summed E-state index contributed by atoms with van der Waals surface area (Å²) in [6, 6.07) is 0. The number of aliphatic hydroxyl groups excluding tert-OH is 2. The number of aliphatic hydroxyl groups is 2. The van der Waals surface area contributed by atoms with Gasteiger partial charge in [-0.05, 0) is 12.5 Å². The maximum absolute atomic E-state index is 9.41. The summed E-state index contributed by atoms with van der Waals surface area (Å²) in [5.74, 6) is 0. The van der Waals surface area contributed by atoms with Crippen molar-refractivity contribution in [1.29, 1.82) is 0 Å². The van der Waals surface area contributed by atoms with Gasteiger partial charge in [0.1, 0.15) is 6.79 Å². The smallest absolute Gasteiger partial charge is 0.147 e. The van der Waals surface area contributed by atoms with Crippen LogP contribution >= 0.6 is 0 Å². The predicted octanol–water partition coefficient (Wildman–Crippen LogP) is 0.295. The van der Waals surface area contributed by atoms with Crippen molar-refractivity contribution < 1.29 is 19.7 Å². The number of hydrogen-bond acceptors (Lipinski definition) is 4. The highest BCUT2D eigenvalue weighted by Gasteiger charge is 2.15. The SMILES string of the molecule is C=C([C@H](O)CCO)[C@H](C)OCOC. The Bertz CT molecular complexity index is 147. The lowest BCUT2D eigenvalue weighted by Gasteiger charge is -2.19. The van der Waals surface area contributed by atoms with E-state index in [0.29, 0.717) is 12.0 Å². The Hall–Kier alpha value is -0.420. The van der Waals surface area contributed by atoms with Crippen molar-refractivity contribution in [2.75, 3.05) is 20.5 Å². The van der Waals surface area contributed by atoms with Gasteiger partial charge in [-0.2, -0.15) is 0 Å². The van der Waals surface area contributed by atoms with Gasteiger partial charge in [0.15, 0.2) is 0 Å². The van der Waals surface area contributed by atoms with E-state index in [0.717, 1.165) is 0 Å². The van der Waals surface area contributed by atoms with Crippen LogP contribution in [0.5, 0.6) is 0 Å². The van der Waals surface area contributed by atoms with E-state index in [9.17, 15) is 5.11 Å². The molecule has 0 aromatic rings. The molecular weight excluding hydrogens is 172 g/mol. The van der Waals surface area contributed by atoms with Gasteiger partial charge < -0.3 is 19.7 Å². The van der Waals surface area contributed by atoms with Crippen LogP contribution in [0.25, 0.3) is 0 Å². The van der Waals surface area contributed by atoms with Gasteiger partial charge in [0.2, 0.25) is 0 Å². The molecule has 0 aromatic carbocycles. The van der Waals surface area contributed by atoms with Gasteiger partial charge in [-0.25, -0.2) is 0 Å². The fourth-order valence-electron chi connectivity index (χ4n) is 0.856. The quantitative estimate of drug-likeness (QED) is 0.447. The van der Waals surface area contributed by atoms with E-state index in [1.165, 1.54) is 7.11 Å². The molecule has 0 aromatic heterocycles. The minimum atomic E-state index is -0.711. The fraction of sp³-hybridized carbons (Fsp3) is 0.778. The van der Waals surface area contributed by atoms with Crippen molar-refractivity contribution in [3.05, 3.63) is 12.2 Å². The summed E-state index contributed by atoms with van der Waals surface area (Å²) in [5.41, 5.74) is 0.561. The molecule has 0 spiro atoms. The second-order valence-corrected chi connectivity index (χ2v) is 2.82. The summed E-state index contributed by atoms with van der Waals surface area (Å²) in [5, 5.41) is 18.0. The van der Waals surface area contributed by atoms with Crippen LogP contribution in [0, 0.1) is 0 Å². The van der Waals surface area contributed by atoms with Crippen LogP contribution < -0.4 is 0 Å². The Kier molecular flexibility index (Phi) is 6.80. The Morgan fingerprint density at radius 1 is 1.54 bits per heavy atom. The lowest BCUT2D eigenvalue weighted by molar-refractivity contribution is -0.0586. The molecule has 0 amide bonds. The van der Waals surface area contributed by atoms with Crippen LogP contribution in [0.15, 0.2) is 12.2 Å². The number of methoxy groups -OCH3 is 1. The molecule has 0 aliphatic heterocycles. The molecule has 4 nitrogen and oxygen atoms in total. The van der Waals surface area contributed by atoms with Crippen molar-refractivity contribution >= 4 is 0 Å². The molecule has 13 heavy (non-hydrogen) atoms. The average molecular weight is 190 g/mol. The van der Waals surface area contributed by atoms with E-state index in [1.54, 1.807) is 6.92 Å². The third-order valence-corrected chi connectivity index (χ3v) is 1.79. The Labute approximate surface area is 78.8 Å². The monoisotopic (exact) mass is 190 g/mol. The summed E-state index contributed by atoms with van der Waals surface area (Å²) in [6.07, 6.45) is -0.683. The van der Waals surface area contributed by atoms with E-state index in [4.69, 9.17) is 14.6 Å². The van der Waals surface area contributed by atoms with Crippen LogP contribution in [0.1, 0.15) is 13.3 Å². The number of rotatable bonds is 7. The van der Waals surface area contributed by atoms with E-state index in [1.807, 2.05) is 0 Å². The van der Waals surface area contributed by atoms with Crippen molar-refractivity contribution in [3.8, 4) is 0 Å². The normalized spacial score (nSPS) is 15.4.